The van der Waals surface area contributed by atoms with Gasteiger partial charge in [-0.05, 0) is 54.4 Å². The van der Waals surface area contributed by atoms with Crippen molar-refractivity contribution in [1.82, 2.24) is 0 Å². The quantitative estimate of drug-likeness (QED) is 0.562. The molecule has 0 saturated carbocycles. The summed E-state index contributed by atoms with van der Waals surface area (Å²) in [5.74, 6) is 0.566. The van der Waals surface area contributed by atoms with E-state index in [1.807, 2.05) is 43.3 Å². The number of nitrogens with one attached hydrogen (secondary N) is 1. The lowest BCUT2D eigenvalue weighted by Crippen LogP contribution is -2.54. The van der Waals surface area contributed by atoms with Gasteiger partial charge >= 0.3 is 0 Å². The van der Waals surface area contributed by atoms with E-state index < -0.39 is 15.9 Å². The van der Waals surface area contributed by atoms with Crippen molar-refractivity contribution in [1.29, 1.82) is 0 Å². The summed E-state index contributed by atoms with van der Waals surface area (Å²) in [5, 5.41) is 3.34. The lowest BCUT2D eigenvalue weighted by atomic mass is 9.99. The normalized spacial score (nSPS) is 18.6. The molecule has 9 heteroatoms. The number of amides is 2. The molecule has 3 aromatic rings. The van der Waals surface area contributed by atoms with Gasteiger partial charge in [-0.1, -0.05) is 24.3 Å². The molecular formula is C28H29N3O5S. The maximum absolute atomic E-state index is 13.9. The van der Waals surface area contributed by atoms with Crippen molar-refractivity contribution >= 4 is 38.7 Å². The first-order chi connectivity index (χ1) is 17.6. The number of carbonyl (C=O) groups excluding carboxylic acids is 2. The first-order valence-corrected chi connectivity index (χ1v) is 14.0. The minimum atomic E-state index is -3.31. The number of hydrogen-bond donors (Lipinski definition) is 1. The number of nitrogens with zero attached hydrogens (tertiary/aromatic N) is 2. The molecule has 2 atom stereocenters. The average Bonchev–Trinajstić information content (AvgIpc) is 3.31. The summed E-state index contributed by atoms with van der Waals surface area (Å²) in [4.78, 5) is 30.2. The van der Waals surface area contributed by atoms with Gasteiger partial charge in [0, 0.05) is 37.4 Å². The number of ether oxygens (including phenoxy) is 1. The lowest BCUT2D eigenvalue weighted by molar-refractivity contribution is -0.120. The third-order valence-electron chi connectivity index (χ3n) is 7.02. The van der Waals surface area contributed by atoms with E-state index in [0.717, 1.165) is 28.1 Å². The second kappa shape index (κ2) is 9.23. The van der Waals surface area contributed by atoms with Gasteiger partial charge in [-0.3, -0.25) is 9.59 Å². The van der Waals surface area contributed by atoms with Gasteiger partial charge in [0.1, 0.15) is 11.8 Å². The van der Waals surface area contributed by atoms with Gasteiger partial charge < -0.3 is 19.9 Å². The lowest BCUT2D eigenvalue weighted by Gasteiger charge is -2.41. The molecule has 0 saturated heterocycles. The molecule has 192 valence electrons. The highest BCUT2D eigenvalue weighted by Gasteiger charge is 2.38. The zero-order valence-corrected chi connectivity index (χ0v) is 22.0. The predicted molar refractivity (Wildman–Crippen MR) is 144 cm³/mol. The zero-order valence-electron chi connectivity index (χ0n) is 21.2. The number of benzene rings is 3. The monoisotopic (exact) mass is 519 g/mol. The summed E-state index contributed by atoms with van der Waals surface area (Å²) in [7, 11) is -1.69. The highest BCUT2D eigenvalue weighted by atomic mass is 32.2. The van der Waals surface area contributed by atoms with Crippen molar-refractivity contribution in [2.75, 3.05) is 35.0 Å². The van der Waals surface area contributed by atoms with Crippen LogP contribution in [0.3, 0.4) is 0 Å². The smallest absolute Gasteiger partial charge is 0.249 e. The van der Waals surface area contributed by atoms with Crippen LogP contribution in [0.4, 0.5) is 17.1 Å². The van der Waals surface area contributed by atoms with Crippen molar-refractivity contribution in [3.8, 4) is 16.9 Å². The van der Waals surface area contributed by atoms with Crippen LogP contribution in [0, 0.1) is 0 Å². The molecule has 5 rings (SSSR count). The molecule has 0 fully saturated rings. The Balaban J connectivity index is 1.53. The summed E-state index contributed by atoms with van der Waals surface area (Å²) in [6.07, 6.45) is 1.67. The van der Waals surface area contributed by atoms with Crippen LogP contribution in [0.1, 0.15) is 19.4 Å². The molecule has 2 aliphatic heterocycles. The van der Waals surface area contributed by atoms with Crippen LogP contribution in [0.15, 0.2) is 65.6 Å². The largest absolute Gasteiger partial charge is 0.496 e. The first-order valence-electron chi connectivity index (χ1n) is 12.1. The van der Waals surface area contributed by atoms with Gasteiger partial charge in [-0.2, -0.15) is 0 Å². The number of methoxy groups -OCH3 is 1. The number of hydrogen-bond acceptors (Lipinski definition) is 6. The van der Waals surface area contributed by atoms with Crippen molar-refractivity contribution < 1.29 is 22.7 Å². The van der Waals surface area contributed by atoms with Gasteiger partial charge in [0.2, 0.25) is 11.8 Å². The number of sulfone groups is 1. The summed E-state index contributed by atoms with van der Waals surface area (Å²) in [6.45, 7) is 3.81. The SMILES string of the molecule is COc1cccc2c1CC(C(=O)N1CC(C)N(C(C)=O)c3ccc(-c4ccc(S(C)(=O)=O)cc4)cc31)N2. The van der Waals surface area contributed by atoms with Crippen molar-refractivity contribution in [2.45, 2.75) is 37.2 Å². The van der Waals surface area contributed by atoms with Crippen LogP contribution < -0.4 is 19.9 Å². The Morgan fingerprint density at radius 1 is 1.00 bits per heavy atom. The predicted octanol–water partition coefficient (Wildman–Crippen LogP) is 3.89. The Hall–Kier alpha value is -3.85. The Bertz CT molecular complexity index is 1500. The van der Waals surface area contributed by atoms with Crippen LogP contribution in [0.25, 0.3) is 11.1 Å². The number of rotatable bonds is 4. The summed E-state index contributed by atoms with van der Waals surface area (Å²) >= 11 is 0. The topological polar surface area (TPSA) is 96.0 Å². The van der Waals surface area contributed by atoms with Crippen molar-refractivity contribution in [3.05, 3.63) is 66.2 Å². The van der Waals surface area contributed by atoms with E-state index in [4.69, 9.17) is 4.74 Å². The maximum atomic E-state index is 13.9. The minimum absolute atomic E-state index is 0.0841. The van der Waals surface area contributed by atoms with E-state index in [1.54, 1.807) is 41.2 Å². The third-order valence-corrected chi connectivity index (χ3v) is 8.15. The van der Waals surface area contributed by atoms with E-state index in [0.29, 0.717) is 24.3 Å². The standard InChI is InChI=1S/C28H29N3O5S/c1-17-16-30(28(33)24-15-22-23(29-24)6-5-7-27(22)36-3)26-14-20(10-13-25(26)31(17)18(2)32)19-8-11-21(12-9-19)37(4,34)35/h5-14,17,24,29H,15-16H2,1-4H3. The van der Waals surface area contributed by atoms with Gasteiger partial charge in [-0.25, -0.2) is 8.42 Å². The van der Waals surface area contributed by atoms with Gasteiger partial charge in [0.05, 0.1) is 29.4 Å². The molecule has 37 heavy (non-hydrogen) atoms. The maximum Gasteiger partial charge on any atom is 0.249 e. The second-order valence-corrected chi connectivity index (χ2v) is 11.6. The van der Waals surface area contributed by atoms with E-state index in [9.17, 15) is 18.0 Å². The minimum Gasteiger partial charge on any atom is -0.496 e. The van der Waals surface area contributed by atoms with Crippen LogP contribution in [0.5, 0.6) is 5.75 Å². The molecule has 0 aliphatic carbocycles. The second-order valence-electron chi connectivity index (χ2n) is 9.57. The third kappa shape index (κ3) is 4.44. The molecule has 2 heterocycles. The Morgan fingerprint density at radius 2 is 1.70 bits per heavy atom. The zero-order chi connectivity index (χ0) is 26.5. The fourth-order valence-corrected chi connectivity index (χ4v) is 5.90. The van der Waals surface area contributed by atoms with Crippen LogP contribution >= 0.6 is 0 Å². The highest BCUT2D eigenvalue weighted by Crippen LogP contribution is 2.41. The molecule has 3 aromatic carbocycles. The molecule has 0 radical (unpaired) electrons. The number of carbonyl (C=O) groups is 2. The molecule has 0 aromatic heterocycles. The molecule has 1 N–H and O–H groups in total. The molecular weight excluding hydrogens is 490 g/mol. The van der Waals surface area contributed by atoms with Crippen LogP contribution in [-0.4, -0.2) is 52.2 Å². The first kappa shape index (κ1) is 24.8. The van der Waals surface area contributed by atoms with E-state index in [1.165, 1.54) is 13.2 Å². The number of anilines is 3. The van der Waals surface area contributed by atoms with Gasteiger partial charge in [-0.15, -0.1) is 0 Å². The van der Waals surface area contributed by atoms with Crippen molar-refractivity contribution in [3.63, 3.8) is 0 Å². The summed E-state index contributed by atoms with van der Waals surface area (Å²) in [6, 6.07) is 17.3. The van der Waals surface area contributed by atoms with E-state index in [2.05, 4.69) is 5.32 Å². The molecule has 0 bridgehead atoms. The van der Waals surface area contributed by atoms with Gasteiger partial charge in [0.25, 0.3) is 0 Å². The van der Waals surface area contributed by atoms with E-state index in [-0.39, 0.29) is 22.8 Å². The molecule has 8 nitrogen and oxygen atoms in total. The summed E-state index contributed by atoms with van der Waals surface area (Å²) < 4.78 is 29.2. The fraction of sp³-hybridized carbons (Fsp3) is 0.286. The molecule has 0 spiro atoms. The number of fused-ring (bicyclic) bond motifs is 2. The Morgan fingerprint density at radius 3 is 2.35 bits per heavy atom. The average molecular weight is 520 g/mol. The highest BCUT2D eigenvalue weighted by molar-refractivity contribution is 7.90. The van der Waals surface area contributed by atoms with Gasteiger partial charge in [0.15, 0.2) is 9.84 Å². The summed E-state index contributed by atoms with van der Waals surface area (Å²) in [5.41, 5.74) is 4.80. The molecule has 2 unspecified atom stereocenters. The fourth-order valence-electron chi connectivity index (χ4n) is 5.27. The molecule has 2 amide bonds. The van der Waals surface area contributed by atoms with Crippen LogP contribution in [-0.2, 0) is 25.8 Å². The Labute approximate surface area is 216 Å². The van der Waals surface area contributed by atoms with E-state index >= 15 is 0 Å². The Kier molecular flexibility index (Phi) is 6.19. The van der Waals surface area contributed by atoms with Crippen LogP contribution in [0.2, 0.25) is 0 Å². The van der Waals surface area contributed by atoms with Crippen molar-refractivity contribution in [2.24, 2.45) is 0 Å². The molecule has 2 aliphatic rings.